The van der Waals surface area contributed by atoms with E-state index in [0.717, 1.165) is 12.2 Å². The van der Waals surface area contributed by atoms with Crippen molar-refractivity contribution in [2.75, 3.05) is 19.4 Å². The van der Waals surface area contributed by atoms with Crippen LogP contribution in [0.5, 0.6) is 0 Å². The van der Waals surface area contributed by atoms with Crippen molar-refractivity contribution in [3.63, 3.8) is 0 Å². The molecule has 0 aromatic carbocycles. The number of nitrogens with zero attached hydrogens (tertiary/aromatic N) is 2. The number of anilines is 1. The van der Waals surface area contributed by atoms with Crippen LogP contribution in [0, 0.1) is 0 Å². The molecule has 18 heavy (non-hydrogen) atoms. The summed E-state index contributed by atoms with van der Waals surface area (Å²) in [5, 5.41) is 3.50. The highest BCUT2D eigenvalue weighted by Gasteiger charge is 2.35. The summed E-state index contributed by atoms with van der Waals surface area (Å²) in [5.41, 5.74) is 0.866. The molecule has 1 N–H and O–H groups in total. The van der Waals surface area contributed by atoms with Gasteiger partial charge in [-0.3, -0.25) is 4.79 Å². The molecule has 0 unspecified atom stereocenters. The maximum atomic E-state index is 11.7. The third kappa shape index (κ3) is 2.47. The topological polar surface area (TPSA) is 45.2 Å². The van der Waals surface area contributed by atoms with Gasteiger partial charge in [0, 0.05) is 25.8 Å². The first-order valence-electron chi connectivity index (χ1n) is 6.52. The van der Waals surface area contributed by atoms with E-state index in [2.05, 4.69) is 17.2 Å². The molecule has 1 amide bonds. The van der Waals surface area contributed by atoms with Gasteiger partial charge in [0.15, 0.2) is 0 Å². The van der Waals surface area contributed by atoms with Gasteiger partial charge in [0.1, 0.15) is 5.82 Å². The number of aromatic nitrogens is 1. The predicted molar refractivity (Wildman–Crippen MR) is 72.8 cm³/mol. The lowest BCUT2D eigenvalue weighted by Crippen LogP contribution is -2.44. The fraction of sp³-hybridized carbons (Fsp3) is 0.571. The van der Waals surface area contributed by atoms with Crippen LogP contribution >= 0.6 is 0 Å². The van der Waals surface area contributed by atoms with Crippen molar-refractivity contribution in [2.24, 2.45) is 0 Å². The molecule has 2 rings (SSSR count). The summed E-state index contributed by atoms with van der Waals surface area (Å²) < 4.78 is 0. The van der Waals surface area contributed by atoms with E-state index in [0.29, 0.717) is 5.56 Å². The van der Waals surface area contributed by atoms with Crippen molar-refractivity contribution in [1.82, 2.24) is 9.88 Å². The molecule has 1 aliphatic rings. The van der Waals surface area contributed by atoms with Crippen LogP contribution in [0.2, 0.25) is 0 Å². The Hall–Kier alpha value is -1.58. The van der Waals surface area contributed by atoms with Crippen LogP contribution in [-0.4, -0.2) is 35.4 Å². The van der Waals surface area contributed by atoms with Crippen LogP contribution in [0.3, 0.4) is 0 Å². The van der Waals surface area contributed by atoms with Gasteiger partial charge < -0.3 is 10.2 Å². The van der Waals surface area contributed by atoms with Crippen molar-refractivity contribution < 1.29 is 4.79 Å². The minimum atomic E-state index is -0.0112. The van der Waals surface area contributed by atoms with Crippen molar-refractivity contribution in [2.45, 2.75) is 38.1 Å². The lowest BCUT2D eigenvalue weighted by molar-refractivity contribution is 0.0827. The van der Waals surface area contributed by atoms with Crippen LogP contribution in [0.25, 0.3) is 0 Å². The molecule has 1 fully saturated rings. The van der Waals surface area contributed by atoms with Crippen molar-refractivity contribution in [3.8, 4) is 0 Å². The minimum Gasteiger partial charge on any atom is -0.365 e. The molecule has 98 valence electrons. The van der Waals surface area contributed by atoms with Crippen LogP contribution < -0.4 is 5.32 Å². The van der Waals surface area contributed by atoms with Crippen molar-refractivity contribution in [3.05, 3.63) is 23.9 Å². The lowest BCUT2D eigenvalue weighted by Gasteiger charge is -2.42. The number of hydrogen-bond acceptors (Lipinski definition) is 3. The predicted octanol–water partition coefficient (Wildman–Crippen LogP) is 2.53. The third-order valence-electron chi connectivity index (χ3n) is 3.80. The van der Waals surface area contributed by atoms with Gasteiger partial charge in [-0.25, -0.2) is 4.98 Å². The molecule has 1 saturated carbocycles. The van der Waals surface area contributed by atoms with Crippen LogP contribution in [0.4, 0.5) is 5.82 Å². The third-order valence-corrected chi connectivity index (χ3v) is 3.80. The zero-order valence-electron chi connectivity index (χ0n) is 11.4. The quantitative estimate of drug-likeness (QED) is 0.889. The van der Waals surface area contributed by atoms with Crippen LogP contribution in [-0.2, 0) is 0 Å². The lowest BCUT2D eigenvalue weighted by atomic mass is 9.75. The van der Waals surface area contributed by atoms with E-state index in [1.165, 1.54) is 19.3 Å². The summed E-state index contributed by atoms with van der Waals surface area (Å²) in [6, 6.07) is 3.73. The Bertz CT molecular complexity index is 416. The van der Waals surface area contributed by atoms with Gasteiger partial charge in [-0.15, -0.1) is 0 Å². The zero-order chi connectivity index (χ0) is 13.2. The minimum absolute atomic E-state index is 0.0112. The Morgan fingerprint density at radius 1 is 1.44 bits per heavy atom. The first-order chi connectivity index (χ1) is 8.56. The summed E-state index contributed by atoms with van der Waals surface area (Å²) in [4.78, 5) is 17.6. The first-order valence-corrected chi connectivity index (χ1v) is 6.52. The molecule has 0 aliphatic heterocycles. The summed E-state index contributed by atoms with van der Waals surface area (Å²) in [6.07, 6.45) is 6.48. The van der Waals surface area contributed by atoms with E-state index in [1.54, 1.807) is 25.2 Å². The molecule has 1 aliphatic carbocycles. The standard InChI is InChI=1S/C14H21N3O/c1-4-14(8-5-9-14)16-12-7-6-11(10-15-12)13(18)17(2)3/h6-7,10H,4-5,8-9H2,1-3H3,(H,15,16). The smallest absolute Gasteiger partial charge is 0.254 e. The average Bonchev–Trinajstić information content (AvgIpc) is 2.33. The molecule has 4 nitrogen and oxygen atoms in total. The average molecular weight is 247 g/mol. The van der Waals surface area contributed by atoms with E-state index >= 15 is 0 Å². The number of rotatable bonds is 4. The number of pyridine rings is 1. The summed E-state index contributed by atoms with van der Waals surface area (Å²) in [5.74, 6) is 0.856. The molecule has 0 radical (unpaired) electrons. The molecular weight excluding hydrogens is 226 g/mol. The van der Waals surface area contributed by atoms with Crippen LogP contribution in [0.1, 0.15) is 43.0 Å². The van der Waals surface area contributed by atoms with Gasteiger partial charge in [-0.2, -0.15) is 0 Å². The van der Waals surface area contributed by atoms with E-state index in [-0.39, 0.29) is 11.4 Å². The van der Waals surface area contributed by atoms with Gasteiger partial charge >= 0.3 is 0 Å². The van der Waals surface area contributed by atoms with Crippen molar-refractivity contribution >= 4 is 11.7 Å². The Morgan fingerprint density at radius 3 is 2.56 bits per heavy atom. The number of amides is 1. The maximum absolute atomic E-state index is 11.7. The Balaban J connectivity index is 2.06. The summed E-state index contributed by atoms with van der Waals surface area (Å²) in [7, 11) is 3.49. The largest absolute Gasteiger partial charge is 0.365 e. The van der Waals surface area contributed by atoms with E-state index in [9.17, 15) is 4.79 Å². The molecule has 1 heterocycles. The van der Waals surface area contributed by atoms with E-state index < -0.39 is 0 Å². The molecule has 1 aromatic heterocycles. The van der Waals surface area contributed by atoms with E-state index in [4.69, 9.17) is 0 Å². The highest BCUT2D eigenvalue weighted by Crippen LogP contribution is 2.37. The Kier molecular flexibility index (Phi) is 3.55. The molecule has 0 bridgehead atoms. The molecule has 0 spiro atoms. The van der Waals surface area contributed by atoms with Crippen LogP contribution in [0.15, 0.2) is 18.3 Å². The maximum Gasteiger partial charge on any atom is 0.254 e. The Morgan fingerprint density at radius 2 is 2.17 bits per heavy atom. The zero-order valence-corrected chi connectivity index (χ0v) is 11.4. The highest BCUT2D eigenvalue weighted by atomic mass is 16.2. The SMILES string of the molecule is CCC1(Nc2ccc(C(=O)N(C)C)cn2)CCC1. The van der Waals surface area contributed by atoms with Gasteiger partial charge in [0.2, 0.25) is 0 Å². The fourth-order valence-corrected chi connectivity index (χ4v) is 2.29. The van der Waals surface area contributed by atoms with Gasteiger partial charge in [0.25, 0.3) is 5.91 Å². The van der Waals surface area contributed by atoms with Gasteiger partial charge in [-0.05, 0) is 37.8 Å². The number of nitrogens with one attached hydrogen (secondary N) is 1. The molecule has 0 atom stereocenters. The Labute approximate surface area is 108 Å². The number of carbonyl (C=O) groups is 1. The van der Waals surface area contributed by atoms with E-state index in [1.807, 2.05) is 12.1 Å². The highest BCUT2D eigenvalue weighted by molar-refractivity contribution is 5.93. The van der Waals surface area contributed by atoms with Gasteiger partial charge in [-0.1, -0.05) is 6.92 Å². The first kappa shape index (κ1) is 12.9. The molecule has 1 aromatic rings. The molecular formula is C14H21N3O. The molecule has 0 saturated heterocycles. The fourth-order valence-electron chi connectivity index (χ4n) is 2.29. The number of hydrogen-bond donors (Lipinski definition) is 1. The normalized spacial score (nSPS) is 16.8. The second-order valence-corrected chi connectivity index (χ2v) is 5.24. The summed E-state index contributed by atoms with van der Waals surface area (Å²) in [6.45, 7) is 2.20. The molecule has 4 heteroatoms. The number of carbonyl (C=O) groups excluding carboxylic acids is 1. The summed E-state index contributed by atoms with van der Waals surface area (Å²) >= 11 is 0. The monoisotopic (exact) mass is 247 g/mol. The second-order valence-electron chi connectivity index (χ2n) is 5.24. The van der Waals surface area contributed by atoms with Crippen molar-refractivity contribution in [1.29, 1.82) is 0 Å². The van der Waals surface area contributed by atoms with Gasteiger partial charge in [0.05, 0.1) is 5.56 Å². The second kappa shape index (κ2) is 4.96.